The van der Waals surface area contributed by atoms with Crippen LogP contribution in [0.2, 0.25) is 0 Å². The molecule has 1 atom stereocenters. The lowest BCUT2D eigenvalue weighted by Crippen LogP contribution is -2.30. The summed E-state index contributed by atoms with van der Waals surface area (Å²) in [6.07, 6.45) is 61.0. The molecule has 0 heterocycles. The SMILES string of the molecule is CC/C=C\C/C=C\C/C=C\CCCCC(=O)OC(COC(=O)CCC/C=C\C/C=C\C/C=C\CC)COC(=O)CCC/C=C\C/C=C\C/C=C\CCCCCCCC. The molecule has 0 amide bonds. The van der Waals surface area contributed by atoms with Crippen LogP contribution in [-0.2, 0) is 28.6 Å². The summed E-state index contributed by atoms with van der Waals surface area (Å²) in [5.74, 6) is -1.09. The average molecular weight is 803 g/mol. The van der Waals surface area contributed by atoms with E-state index in [0.717, 1.165) is 77.0 Å². The third-order valence-electron chi connectivity index (χ3n) is 8.99. The van der Waals surface area contributed by atoms with Gasteiger partial charge in [0.15, 0.2) is 6.10 Å². The lowest BCUT2D eigenvalue weighted by Gasteiger charge is -2.18. The molecule has 0 fully saturated rings. The Morgan fingerprint density at radius 3 is 1.10 bits per heavy atom. The summed E-state index contributed by atoms with van der Waals surface area (Å²) in [6.45, 7) is 6.23. The minimum absolute atomic E-state index is 0.138. The molecule has 1 unspecified atom stereocenters. The summed E-state index contributed by atoms with van der Waals surface area (Å²) >= 11 is 0. The Balaban J connectivity index is 4.57. The zero-order chi connectivity index (χ0) is 42.3. The van der Waals surface area contributed by atoms with Crippen LogP contribution in [0.15, 0.2) is 109 Å². The molecule has 6 nitrogen and oxygen atoms in total. The highest BCUT2D eigenvalue weighted by Crippen LogP contribution is 2.10. The fourth-order valence-electron chi connectivity index (χ4n) is 5.61. The van der Waals surface area contributed by atoms with Crippen LogP contribution in [-0.4, -0.2) is 37.2 Å². The van der Waals surface area contributed by atoms with Crippen molar-refractivity contribution in [3.63, 3.8) is 0 Å². The summed E-state index contributed by atoms with van der Waals surface area (Å²) in [7, 11) is 0. The van der Waals surface area contributed by atoms with E-state index in [9.17, 15) is 14.4 Å². The summed E-state index contributed by atoms with van der Waals surface area (Å²) in [5.41, 5.74) is 0. The lowest BCUT2D eigenvalue weighted by molar-refractivity contribution is -0.167. The Kier molecular flexibility index (Phi) is 42.7. The van der Waals surface area contributed by atoms with Gasteiger partial charge in [0.25, 0.3) is 0 Å². The van der Waals surface area contributed by atoms with Crippen LogP contribution < -0.4 is 0 Å². The number of unbranched alkanes of at least 4 members (excludes halogenated alkanes) is 10. The third kappa shape index (κ3) is 43.2. The Bertz CT molecular complexity index is 1240. The minimum Gasteiger partial charge on any atom is -0.462 e. The van der Waals surface area contributed by atoms with Crippen molar-refractivity contribution in [2.45, 2.75) is 187 Å². The quantitative estimate of drug-likeness (QED) is 0.0267. The van der Waals surface area contributed by atoms with Crippen molar-refractivity contribution in [3.8, 4) is 0 Å². The van der Waals surface area contributed by atoms with Gasteiger partial charge in [-0.2, -0.15) is 0 Å². The predicted octanol–water partition coefficient (Wildman–Crippen LogP) is 14.8. The molecule has 0 rings (SSSR count). The first-order valence-corrected chi connectivity index (χ1v) is 22.9. The molecule has 0 saturated heterocycles. The summed E-state index contributed by atoms with van der Waals surface area (Å²) in [6, 6.07) is 0. The van der Waals surface area contributed by atoms with Crippen LogP contribution in [0.4, 0.5) is 0 Å². The lowest BCUT2D eigenvalue weighted by atomic mass is 10.1. The molecular weight excluding hydrogens is 721 g/mol. The van der Waals surface area contributed by atoms with Gasteiger partial charge >= 0.3 is 17.9 Å². The highest BCUT2D eigenvalue weighted by Gasteiger charge is 2.19. The molecule has 0 aliphatic rings. The molecule has 0 aliphatic carbocycles. The zero-order valence-electron chi connectivity index (χ0n) is 37.0. The molecular formula is C52H82O6. The number of allylic oxidation sites excluding steroid dienone is 18. The molecule has 0 saturated carbocycles. The van der Waals surface area contributed by atoms with Gasteiger partial charge in [-0.25, -0.2) is 0 Å². The predicted molar refractivity (Wildman–Crippen MR) is 247 cm³/mol. The molecule has 0 aromatic heterocycles. The number of carbonyl (C=O) groups excluding carboxylic acids is 3. The number of hydrogen-bond acceptors (Lipinski definition) is 6. The molecule has 0 N–H and O–H groups in total. The van der Waals surface area contributed by atoms with E-state index in [2.05, 4.69) is 130 Å². The van der Waals surface area contributed by atoms with Crippen molar-refractivity contribution in [3.05, 3.63) is 109 Å². The van der Waals surface area contributed by atoms with Crippen molar-refractivity contribution in [1.29, 1.82) is 0 Å². The summed E-state index contributed by atoms with van der Waals surface area (Å²) in [4.78, 5) is 37.7. The van der Waals surface area contributed by atoms with Gasteiger partial charge in [-0.3, -0.25) is 14.4 Å². The van der Waals surface area contributed by atoms with E-state index in [1.54, 1.807) is 0 Å². The maximum atomic E-state index is 12.7. The number of ether oxygens (including phenoxy) is 3. The van der Waals surface area contributed by atoms with Gasteiger partial charge in [-0.05, 0) is 109 Å². The van der Waals surface area contributed by atoms with E-state index in [1.807, 2.05) is 0 Å². The fourth-order valence-corrected chi connectivity index (χ4v) is 5.61. The van der Waals surface area contributed by atoms with E-state index in [0.29, 0.717) is 19.3 Å². The van der Waals surface area contributed by atoms with Gasteiger partial charge in [0.1, 0.15) is 13.2 Å². The molecule has 6 heteroatoms. The molecule has 326 valence electrons. The van der Waals surface area contributed by atoms with Crippen LogP contribution in [0.25, 0.3) is 0 Å². The standard InChI is InChI=1S/C52H82O6/c1-4-7-10-13-16-19-22-24-25-26-27-28-31-33-36-39-42-45-51(54)57-48-49(47-56-50(53)44-41-38-35-32-29-21-18-15-12-9-6-3)58-52(55)46-43-40-37-34-30-23-20-17-14-11-8-5-2/h8-9,11-12,17-18,20-21,24-25,27-28,30,32-36,49H,4-7,10,13-16,19,22-23,26,29,31,37-48H2,1-3H3/b11-8-,12-9-,20-17-,21-18-,25-24-,28-27-,34-30-,35-32-,36-33-. The van der Waals surface area contributed by atoms with E-state index >= 15 is 0 Å². The second kappa shape index (κ2) is 45.8. The van der Waals surface area contributed by atoms with Gasteiger partial charge in [-0.1, -0.05) is 162 Å². The van der Waals surface area contributed by atoms with Crippen LogP contribution in [0, 0.1) is 0 Å². The molecule has 0 aliphatic heterocycles. The maximum Gasteiger partial charge on any atom is 0.306 e. The zero-order valence-corrected chi connectivity index (χ0v) is 37.0. The van der Waals surface area contributed by atoms with Crippen LogP contribution >= 0.6 is 0 Å². The van der Waals surface area contributed by atoms with Crippen molar-refractivity contribution in [2.24, 2.45) is 0 Å². The first-order chi connectivity index (χ1) is 28.5. The van der Waals surface area contributed by atoms with E-state index in [1.165, 1.54) is 44.9 Å². The highest BCUT2D eigenvalue weighted by atomic mass is 16.6. The number of esters is 3. The second-order valence-electron chi connectivity index (χ2n) is 14.5. The van der Waals surface area contributed by atoms with Crippen LogP contribution in [0.1, 0.15) is 181 Å². The Morgan fingerprint density at radius 1 is 0.362 bits per heavy atom. The second-order valence-corrected chi connectivity index (χ2v) is 14.5. The Labute approximate surface area is 355 Å². The number of carbonyl (C=O) groups is 3. The van der Waals surface area contributed by atoms with Crippen molar-refractivity contribution in [1.82, 2.24) is 0 Å². The average Bonchev–Trinajstić information content (AvgIpc) is 3.22. The molecule has 0 aromatic rings. The van der Waals surface area contributed by atoms with E-state index in [-0.39, 0.29) is 50.4 Å². The molecule has 0 aromatic carbocycles. The molecule has 0 radical (unpaired) electrons. The normalized spacial score (nSPS) is 13.1. The monoisotopic (exact) mass is 803 g/mol. The number of rotatable bonds is 39. The topological polar surface area (TPSA) is 78.9 Å². The largest absolute Gasteiger partial charge is 0.462 e. The minimum atomic E-state index is -0.838. The van der Waals surface area contributed by atoms with Gasteiger partial charge in [0.2, 0.25) is 0 Å². The fraction of sp³-hybridized carbons (Fsp3) is 0.596. The highest BCUT2D eigenvalue weighted by molar-refractivity contribution is 5.71. The Hall–Kier alpha value is -3.93. The molecule has 0 spiro atoms. The first-order valence-electron chi connectivity index (χ1n) is 22.9. The van der Waals surface area contributed by atoms with Crippen LogP contribution in [0.3, 0.4) is 0 Å². The molecule has 0 bridgehead atoms. The van der Waals surface area contributed by atoms with E-state index in [4.69, 9.17) is 14.2 Å². The first kappa shape index (κ1) is 54.1. The smallest absolute Gasteiger partial charge is 0.306 e. The van der Waals surface area contributed by atoms with Crippen LogP contribution in [0.5, 0.6) is 0 Å². The van der Waals surface area contributed by atoms with Gasteiger partial charge in [0.05, 0.1) is 0 Å². The van der Waals surface area contributed by atoms with Crippen molar-refractivity contribution < 1.29 is 28.6 Å². The van der Waals surface area contributed by atoms with Gasteiger partial charge in [0, 0.05) is 19.3 Å². The van der Waals surface area contributed by atoms with E-state index < -0.39 is 6.10 Å². The van der Waals surface area contributed by atoms with Crippen molar-refractivity contribution >= 4 is 17.9 Å². The maximum absolute atomic E-state index is 12.7. The van der Waals surface area contributed by atoms with Gasteiger partial charge in [-0.15, -0.1) is 0 Å². The third-order valence-corrected chi connectivity index (χ3v) is 8.99. The summed E-state index contributed by atoms with van der Waals surface area (Å²) < 4.78 is 16.6. The van der Waals surface area contributed by atoms with Crippen molar-refractivity contribution in [2.75, 3.05) is 13.2 Å². The van der Waals surface area contributed by atoms with Gasteiger partial charge < -0.3 is 14.2 Å². The summed E-state index contributed by atoms with van der Waals surface area (Å²) in [5, 5.41) is 0. The number of hydrogen-bond donors (Lipinski definition) is 0. The molecule has 58 heavy (non-hydrogen) atoms. The Morgan fingerprint density at radius 2 is 0.690 bits per heavy atom.